The maximum Gasteiger partial charge on any atom is 0.283 e. The third-order valence-corrected chi connectivity index (χ3v) is 5.29. The van der Waals surface area contributed by atoms with Crippen molar-refractivity contribution >= 4 is 27.3 Å². The monoisotopic (exact) mass is 401 g/mol. The highest BCUT2D eigenvalue weighted by Gasteiger charge is 2.16. The maximum absolute atomic E-state index is 12.5. The Morgan fingerprint density at radius 3 is 2.44 bits per heavy atom. The summed E-state index contributed by atoms with van der Waals surface area (Å²) in [6.07, 6.45) is 1.51. The lowest BCUT2D eigenvalue weighted by Gasteiger charge is -2.08. The maximum atomic E-state index is 12.5. The van der Waals surface area contributed by atoms with Gasteiger partial charge in [0.25, 0.3) is 15.9 Å². The fourth-order valence-corrected chi connectivity index (χ4v) is 3.56. The van der Waals surface area contributed by atoms with Crippen molar-refractivity contribution in [1.29, 1.82) is 0 Å². The molecule has 0 unspecified atom stereocenters. The number of nitrogens with one attached hydrogen (secondary N) is 1. The van der Waals surface area contributed by atoms with Gasteiger partial charge in [-0.15, -0.1) is 10.2 Å². The molecule has 0 amide bonds. The van der Waals surface area contributed by atoms with Crippen molar-refractivity contribution in [3.05, 3.63) is 71.9 Å². The van der Waals surface area contributed by atoms with Crippen LogP contribution in [0.4, 0.5) is 5.69 Å². The number of sulfonamides is 1. The first-order valence-electron chi connectivity index (χ1n) is 7.77. The van der Waals surface area contributed by atoms with Crippen LogP contribution in [0, 0.1) is 0 Å². The van der Waals surface area contributed by atoms with E-state index in [1.165, 1.54) is 30.5 Å². The molecule has 2 aromatic heterocycles. The highest BCUT2D eigenvalue weighted by atomic mass is 35.5. The van der Waals surface area contributed by atoms with Crippen molar-refractivity contribution < 1.29 is 17.3 Å². The lowest BCUT2D eigenvalue weighted by atomic mass is 10.2. The SMILES string of the molecule is O=S(=O)(Nc1cccc(-c2nnc(-c3ccco3)o2)c1)c1ccc(Cl)cc1. The third-order valence-electron chi connectivity index (χ3n) is 3.64. The van der Waals surface area contributed by atoms with Gasteiger partial charge in [0.2, 0.25) is 5.89 Å². The summed E-state index contributed by atoms with van der Waals surface area (Å²) in [5.74, 6) is 0.935. The van der Waals surface area contributed by atoms with E-state index in [0.29, 0.717) is 22.0 Å². The zero-order chi connectivity index (χ0) is 18.9. The lowest BCUT2D eigenvalue weighted by Crippen LogP contribution is -2.12. The summed E-state index contributed by atoms with van der Waals surface area (Å²) in [7, 11) is -3.75. The summed E-state index contributed by atoms with van der Waals surface area (Å²) in [6, 6.07) is 16.0. The van der Waals surface area contributed by atoms with Gasteiger partial charge in [-0.05, 0) is 54.6 Å². The minimum absolute atomic E-state index is 0.107. The number of hydrogen-bond acceptors (Lipinski definition) is 6. The second-order valence-corrected chi connectivity index (χ2v) is 7.65. The molecule has 4 aromatic rings. The van der Waals surface area contributed by atoms with E-state index in [-0.39, 0.29) is 16.7 Å². The fourth-order valence-electron chi connectivity index (χ4n) is 2.38. The summed E-state index contributed by atoms with van der Waals surface area (Å²) in [5, 5.41) is 8.37. The minimum atomic E-state index is -3.75. The standard InChI is InChI=1S/C18H12ClN3O4S/c19-13-6-8-15(9-7-13)27(23,24)22-14-4-1-3-12(11-14)17-20-21-18(26-17)16-5-2-10-25-16/h1-11,22H. The molecule has 2 aromatic carbocycles. The molecule has 0 fully saturated rings. The first-order chi connectivity index (χ1) is 13.0. The van der Waals surface area contributed by atoms with Gasteiger partial charge in [0.05, 0.1) is 11.2 Å². The van der Waals surface area contributed by atoms with Crippen LogP contribution in [-0.2, 0) is 10.0 Å². The molecule has 0 aliphatic rings. The summed E-state index contributed by atoms with van der Waals surface area (Å²) < 4.78 is 38.3. The van der Waals surface area contributed by atoms with Crippen LogP contribution in [-0.4, -0.2) is 18.6 Å². The Bertz CT molecular complexity index is 1170. The number of aromatic nitrogens is 2. The zero-order valence-corrected chi connectivity index (χ0v) is 15.2. The van der Waals surface area contributed by atoms with E-state index >= 15 is 0 Å². The van der Waals surface area contributed by atoms with Crippen LogP contribution in [0.25, 0.3) is 23.1 Å². The number of rotatable bonds is 5. The van der Waals surface area contributed by atoms with Crippen LogP contribution >= 0.6 is 11.6 Å². The summed E-state index contributed by atoms with van der Waals surface area (Å²) >= 11 is 5.80. The van der Waals surface area contributed by atoms with Crippen LogP contribution < -0.4 is 4.72 Å². The van der Waals surface area contributed by atoms with Gasteiger partial charge in [-0.2, -0.15) is 0 Å². The van der Waals surface area contributed by atoms with Crippen molar-refractivity contribution in [3.8, 4) is 23.1 Å². The van der Waals surface area contributed by atoms with Crippen LogP contribution in [0.15, 0.2) is 80.7 Å². The molecule has 4 rings (SSSR count). The van der Waals surface area contributed by atoms with Gasteiger partial charge in [0.15, 0.2) is 5.76 Å². The molecule has 0 saturated carbocycles. The number of anilines is 1. The largest absolute Gasteiger partial charge is 0.459 e. The number of nitrogens with zero attached hydrogens (tertiary/aromatic N) is 2. The normalized spacial score (nSPS) is 11.4. The van der Waals surface area contributed by atoms with E-state index in [9.17, 15) is 8.42 Å². The number of halogens is 1. The topological polar surface area (TPSA) is 98.2 Å². The van der Waals surface area contributed by atoms with E-state index in [2.05, 4.69) is 14.9 Å². The zero-order valence-electron chi connectivity index (χ0n) is 13.7. The molecular formula is C18H12ClN3O4S. The summed E-state index contributed by atoms with van der Waals surface area (Å²) in [4.78, 5) is 0.107. The molecule has 136 valence electrons. The van der Waals surface area contributed by atoms with Gasteiger partial charge in [0.1, 0.15) is 0 Å². The predicted molar refractivity (Wildman–Crippen MR) is 99.7 cm³/mol. The fraction of sp³-hybridized carbons (Fsp3) is 0. The molecule has 0 bridgehead atoms. The average Bonchev–Trinajstić information content (AvgIpc) is 3.34. The van der Waals surface area contributed by atoms with E-state index in [1.54, 1.807) is 36.4 Å². The Hall–Kier alpha value is -3.10. The van der Waals surface area contributed by atoms with Crippen molar-refractivity contribution in [3.63, 3.8) is 0 Å². The number of furan rings is 1. The molecule has 27 heavy (non-hydrogen) atoms. The molecule has 9 heteroatoms. The minimum Gasteiger partial charge on any atom is -0.459 e. The molecule has 1 N–H and O–H groups in total. The smallest absolute Gasteiger partial charge is 0.283 e. The molecule has 0 atom stereocenters. The summed E-state index contributed by atoms with van der Waals surface area (Å²) in [6.45, 7) is 0. The van der Waals surface area contributed by atoms with Crippen molar-refractivity contribution in [2.45, 2.75) is 4.90 Å². The summed E-state index contributed by atoms with van der Waals surface area (Å²) in [5.41, 5.74) is 0.928. The van der Waals surface area contributed by atoms with Crippen molar-refractivity contribution in [2.75, 3.05) is 4.72 Å². The molecule has 7 nitrogen and oxygen atoms in total. The Morgan fingerprint density at radius 2 is 1.70 bits per heavy atom. The second kappa shape index (κ2) is 6.90. The van der Waals surface area contributed by atoms with Crippen LogP contribution in [0.1, 0.15) is 0 Å². The van der Waals surface area contributed by atoms with Crippen LogP contribution in [0.3, 0.4) is 0 Å². The Labute approximate surface area is 159 Å². The molecule has 0 spiro atoms. The first-order valence-corrected chi connectivity index (χ1v) is 9.64. The number of benzene rings is 2. The van der Waals surface area contributed by atoms with Gasteiger partial charge in [-0.25, -0.2) is 8.42 Å². The first kappa shape index (κ1) is 17.3. The number of hydrogen-bond donors (Lipinski definition) is 1. The molecule has 0 radical (unpaired) electrons. The highest BCUT2D eigenvalue weighted by molar-refractivity contribution is 7.92. The van der Waals surface area contributed by atoms with E-state index in [4.69, 9.17) is 20.4 Å². The molecule has 2 heterocycles. The lowest BCUT2D eigenvalue weighted by molar-refractivity contribution is 0.523. The third kappa shape index (κ3) is 3.71. The van der Waals surface area contributed by atoms with E-state index in [1.807, 2.05) is 0 Å². The molecule has 0 aliphatic heterocycles. The van der Waals surface area contributed by atoms with Gasteiger partial charge < -0.3 is 8.83 Å². The quantitative estimate of drug-likeness (QED) is 0.530. The van der Waals surface area contributed by atoms with Gasteiger partial charge in [-0.1, -0.05) is 17.7 Å². The molecule has 0 saturated heterocycles. The highest BCUT2D eigenvalue weighted by Crippen LogP contribution is 2.27. The van der Waals surface area contributed by atoms with Crippen molar-refractivity contribution in [1.82, 2.24) is 10.2 Å². The Kier molecular flexibility index (Phi) is 4.43. The second-order valence-electron chi connectivity index (χ2n) is 5.53. The van der Waals surface area contributed by atoms with E-state index in [0.717, 1.165) is 0 Å². The molecular weight excluding hydrogens is 390 g/mol. The van der Waals surface area contributed by atoms with Gasteiger partial charge in [0, 0.05) is 16.3 Å². The Balaban J connectivity index is 1.60. The van der Waals surface area contributed by atoms with E-state index < -0.39 is 10.0 Å². The predicted octanol–water partition coefficient (Wildman–Crippen LogP) is 4.45. The van der Waals surface area contributed by atoms with Gasteiger partial charge in [-0.3, -0.25) is 4.72 Å². The average molecular weight is 402 g/mol. The van der Waals surface area contributed by atoms with Crippen molar-refractivity contribution in [2.24, 2.45) is 0 Å². The Morgan fingerprint density at radius 1 is 0.926 bits per heavy atom. The van der Waals surface area contributed by atoms with Gasteiger partial charge >= 0.3 is 0 Å². The van der Waals surface area contributed by atoms with Crippen LogP contribution in [0.2, 0.25) is 5.02 Å². The van der Waals surface area contributed by atoms with Crippen LogP contribution in [0.5, 0.6) is 0 Å². The molecule has 0 aliphatic carbocycles.